The van der Waals surface area contributed by atoms with Gasteiger partial charge >= 0.3 is 12.0 Å². The van der Waals surface area contributed by atoms with Gasteiger partial charge in [-0.25, -0.2) is 4.79 Å². The Morgan fingerprint density at radius 3 is 2.47 bits per heavy atom. The minimum absolute atomic E-state index is 0.256. The molecule has 0 rings (SSSR count). The number of amides is 2. The van der Waals surface area contributed by atoms with Crippen LogP contribution < -0.4 is 10.6 Å². The Labute approximate surface area is 89.6 Å². The number of hydrogen-bond acceptors (Lipinski definition) is 3. The molecule has 0 aliphatic carbocycles. The zero-order valence-electron chi connectivity index (χ0n) is 9.25. The molecule has 0 atom stereocenters. The van der Waals surface area contributed by atoms with E-state index in [1.54, 1.807) is 6.92 Å². The number of nitrogens with one attached hydrogen (secondary N) is 2. The highest BCUT2D eigenvalue weighted by Crippen LogP contribution is 1.89. The van der Waals surface area contributed by atoms with Gasteiger partial charge in [0.25, 0.3) is 0 Å². The van der Waals surface area contributed by atoms with Crippen LogP contribution in [0.3, 0.4) is 0 Å². The number of aliphatic carboxylic acids is 1. The summed E-state index contributed by atoms with van der Waals surface area (Å²) < 4.78 is 0. The lowest BCUT2D eigenvalue weighted by molar-refractivity contribution is -0.137. The summed E-state index contributed by atoms with van der Waals surface area (Å²) in [7, 11) is 1.84. The van der Waals surface area contributed by atoms with Crippen LogP contribution in [-0.2, 0) is 4.79 Å². The molecule has 0 heterocycles. The van der Waals surface area contributed by atoms with Crippen molar-refractivity contribution in [1.29, 1.82) is 0 Å². The Hall–Kier alpha value is -1.30. The zero-order valence-corrected chi connectivity index (χ0v) is 9.25. The monoisotopic (exact) mass is 217 g/mol. The van der Waals surface area contributed by atoms with E-state index in [0.29, 0.717) is 13.1 Å². The van der Waals surface area contributed by atoms with Crippen molar-refractivity contribution in [3.8, 4) is 0 Å². The van der Waals surface area contributed by atoms with E-state index in [4.69, 9.17) is 5.11 Å². The first-order chi connectivity index (χ1) is 7.11. The molecule has 0 bridgehead atoms. The van der Waals surface area contributed by atoms with Crippen molar-refractivity contribution in [2.75, 3.05) is 33.2 Å². The van der Waals surface area contributed by atoms with E-state index in [0.717, 1.165) is 13.0 Å². The first-order valence-corrected chi connectivity index (χ1v) is 5.01. The summed E-state index contributed by atoms with van der Waals surface area (Å²) in [5.41, 5.74) is 0. The fourth-order valence-electron chi connectivity index (χ4n) is 1.06. The summed E-state index contributed by atoms with van der Waals surface area (Å²) in [6, 6.07) is -0.323. The van der Waals surface area contributed by atoms with Crippen LogP contribution in [0.25, 0.3) is 0 Å². The van der Waals surface area contributed by atoms with Crippen LogP contribution in [-0.4, -0.2) is 55.2 Å². The van der Waals surface area contributed by atoms with E-state index in [2.05, 4.69) is 10.6 Å². The highest BCUT2D eigenvalue weighted by molar-refractivity contribution is 5.79. The Morgan fingerprint density at radius 2 is 2.00 bits per heavy atom. The SMILES string of the molecule is CCN(CC(=O)O)C(=O)NCCCNC. The van der Waals surface area contributed by atoms with Crippen LogP contribution >= 0.6 is 0 Å². The molecule has 2 amide bonds. The third-order valence-electron chi connectivity index (χ3n) is 1.87. The molecule has 0 spiro atoms. The van der Waals surface area contributed by atoms with Crippen LogP contribution in [0, 0.1) is 0 Å². The van der Waals surface area contributed by atoms with E-state index >= 15 is 0 Å². The Morgan fingerprint density at radius 1 is 1.33 bits per heavy atom. The van der Waals surface area contributed by atoms with Crippen LogP contribution in [0.15, 0.2) is 0 Å². The Bertz CT molecular complexity index is 209. The molecule has 0 aromatic rings. The summed E-state index contributed by atoms with van der Waals surface area (Å²) in [6.07, 6.45) is 0.826. The lowest BCUT2D eigenvalue weighted by Crippen LogP contribution is -2.43. The Balaban J connectivity index is 3.78. The first kappa shape index (κ1) is 13.7. The number of urea groups is 1. The van der Waals surface area contributed by atoms with Crippen molar-refractivity contribution < 1.29 is 14.7 Å². The largest absolute Gasteiger partial charge is 0.480 e. The highest BCUT2D eigenvalue weighted by atomic mass is 16.4. The average Bonchev–Trinajstić information content (AvgIpc) is 2.20. The quantitative estimate of drug-likeness (QED) is 0.512. The third kappa shape index (κ3) is 6.73. The molecule has 0 radical (unpaired) electrons. The maximum absolute atomic E-state index is 11.4. The summed E-state index contributed by atoms with van der Waals surface area (Å²) >= 11 is 0. The van der Waals surface area contributed by atoms with Gasteiger partial charge in [-0.15, -0.1) is 0 Å². The fourth-order valence-corrected chi connectivity index (χ4v) is 1.06. The zero-order chi connectivity index (χ0) is 11.7. The predicted molar refractivity (Wildman–Crippen MR) is 56.8 cm³/mol. The van der Waals surface area contributed by atoms with Crippen molar-refractivity contribution in [1.82, 2.24) is 15.5 Å². The molecule has 6 nitrogen and oxygen atoms in total. The number of likely N-dealkylation sites (N-methyl/N-ethyl adjacent to an activating group) is 1. The van der Waals surface area contributed by atoms with Crippen molar-refractivity contribution in [3.63, 3.8) is 0 Å². The number of nitrogens with zero attached hydrogens (tertiary/aromatic N) is 1. The highest BCUT2D eigenvalue weighted by Gasteiger charge is 2.13. The summed E-state index contributed by atoms with van der Waals surface area (Å²) in [4.78, 5) is 23.1. The lowest BCUT2D eigenvalue weighted by atomic mass is 10.4. The summed E-state index contributed by atoms with van der Waals surface area (Å²) in [5, 5.41) is 14.2. The molecule has 3 N–H and O–H groups in total. The molecule has 0 fully saturated rings. The number of carbonyl (C=O) groups is 2. The maximum atomic E-state index is 11.4. The lowest BCUT2D eigenvalue weighted by Gasteiger charge is -2.18. The van der Waals surface area contributed by atoms with Gasteiger partial charge < -0.3 is 20.6 Å². The molecule has 0 aliphatic heterocycles. The molecular weight excluding hydrogens is 198 g/mol. The maximum Gasteiger partial charge on any atom is 0.323 e. The number of carboxylic acid groups (broad SMARTS) is 1. The number of carbonyl (C=O) groups excluding carboxylic acids is 1. The van der Waals surface area contributed by atoms with E-state index in [-0.39, 0.29) is 12.6 Å². The van der Waals surface area contributed by atoms with Crippen LogP contribution in [0.4, 0.5) is 4.79 Å². The molecule has 0 unspecified atom stereocenters. The van der Waals surface area contributed by atoms with Crippen molar-refractivity contribution >= 4 is 12.0 Å². The molecule has 0 aromatic carbocycles. The van der Waals surface area contributed by atoms with Gasteiger partial charge in [-0.1, -0.05) is 0 Å². The second-order valence-electron chi connectivity index (χ2n) is 3.10. The van der Waals surface area contributed by atoms with Gasteiger partial charge in [-0.2, -0.15) is 0 Å². The summed E-state index contributed by atoms with van der Waals surface area (Å²) in [6.45, 7) is 3.26. The Kier molecular flexibility index (Phi) is 7.35. The minimum atomic E-state index is -0.998. The molecule has 6 heteroatoms. The van der Waals surface area contributed by atoms with Gasteiger partial charge in [0.2, 0.25) is 0 Å². The second-order valence-corrected chi connectivity index (χ2v) is 3.10. The van der Waals surface area contributed by atoms with E-state index in [1.165, 1.54) is 4.90 Å². The fraction of sp³-hybridized carbons (Fsp3) is 0.778. The van der Waals surface area contributed by atoms with Crippen molar-refractivity contribution in [2.45, 2.75) is 13.3 Å². The number of rotatable bonds is 7. The van der Waals surface area contributed by atoms with E-state index in [1.807, 2.05) is 7.05 Å². The topological polar surface area (TPSA) is 81.7 Å². The molecule has 88 valence electrons. The molecule has 15 heavy (non-hydrogen) atoms. The molecule has 0 aromatic heterocycles. The van der Waals surface area contributed by atoms with Gasteiger partial charge in [0.1, 0.15) is 6.54 Å². The van der Waals surface area contributed by atoms with Crippen molar-refractivity contribution in [2.24, 2.45) is 0 Å². The van der Waals surface area contributed by atoms with Crippen LogP contribution in [0.1, 0.15) is 13.3 Å². The minimum Gasteiger partial charge on any atom is -0.480 e. The van der Waals surface area contributed by atoms with Gasteiger partial charge in [0.05, 0.1) is 0 Å². The number of hydrogen-bond donors (Lipinski definition) is 3. The van der Waals surface area contributed by atoms with Gasteiger partial charge in [-0.05, 0) is 26.9 Å². The van der Waals surface area contributed by atoms with Crippen LogP contribution in [0.2, 0.25) is 0 Å². The number of carboxylic acids is 1. The average molecular weight is 217 g/mol. The first-order valence-electron chi connectivity index (χ1n) is 5.01. The van der Waals surface area contributed by atoms with E-state index in [9.17, 15) is 9.59 Å². The van der Waals surface area contributed by atoms with Crippen LogP contribution in [0.5, 0.6) is 0 Å². The smallest absolute Gasteiger partial charge is 0.323 e. The summed E-state index contributed by atoms with van der Waals surface area (Å²) in [5.74, 6) is -0.998. The van der Waals surface area contributed by atoms with Gasteiger partial charge in [0, 0.05) is 13.1 Å². The van der Waals surface area contributed by atoms with Gasteiger partial charge in [-0.3, -0.25) is 4.79 Å². The molecule has 0 saturated carbocycles. The van der Waals surface area contributed by atoms with E-state index < -0.39 is 5.97 Å². The van der Waals surface area contributed by atoms with Crippen molar-refractivity contribution in [3.05, 3.63) is 0 Å². The van der Waals surface area contributed by atoms with Gasteiger partial charge in [0.15, 0.2) is 0 Å². The standard InChI is InChI=1S/C9H19N3O3/c1-3-12(7-8(13)14)9(15)11-6-4-5-10-2/h10H,3-7H2,1-2H3,(H,11,15)(H,13,14). The normalized spacial score (nSPS) is 9.73. The predicted octanol–water partition coefficient (Wildman–Crippen LogP) is -0.288. The molecular formula is C9H19N3O3. The molecule has 0 saturated heterocycles. The second kappa shape index (κ2) is 8.05. The molecule has 0 aliphatic rings. The third-order valence-corrected chi connectivity index (χ3v) is 1.87.